The fourth-order valence-corrected chi connectivity index (χ4v) is 4.49. The molecule has 0 aliphatic rings. The van der Waals surface area contributed by atoms with Gasteiger partial charge in [0.25, 0.3) is 0 Å². The van der Waals surface area contributed by atoms with E-state index in [0.29, 0.717) is 16.5 Å². The highest BCUT2D eigenvalue weighted by molar-refractivity contribution is 7.92. The number of nitrogens with one attached hydrogen (secondary N) is 1. The quantitative estimate of drug-likeness (QED) is 0.605. The van der Waals surface area contributed by atoms with Crippen LogP contribution in [0.2, 0.25) is 5.02 Å². The zero-order valence-electron chi connectivity index (χ0n) is 15.0. The predicted octanol–water partition coefficient (Wildman–Crippen LogP) is 2.92. The standard InChI is InChI=1S/C17H17ClN4O4S2/c1-11(22(28(2,24)25)13-7-5-12(18)6-8-13)17(23)19-10-15-20-16(21-26-15)14-4-3-9-27-14/h3-9,11H,10H2,1-2H3,(H,19,23)/t11-/m0/s1. The van der Waals surface area contributed by atoms with Crippen LogP contribution in [-0.4, -0.2) is 36.8 Å². The molecule has 0 saturated heterocycles. The van der Waals surface area contributed by atoms with E-state index in [1.165, 1.54) is 18.3 Å². The molecule has 3 rings (SSSR count). The third-order valence-electron chi connectivity index (χ3n) is 3.79. The minimum atomic E-state index is -3.70. The summed E-state index contributed by atoms with van der Waals surface area (Å²) in [5, 5.41) is 8.85. The summed E-state index contributed by atoms with van der Waals surface area (Å²) in [4.78, 5) is 17.6. The normalized spacial score (nSPS) is 12.5. The van der Waals surface area contributed by atoms with Crippen LogP contribution in [0.4, 0.5) is 5.69 Å². The van der Waals surface area contributed by atoms with Crippen LogP contribution in [0.25, 0.3) is 10.7 Å². The van der Waals surface area contributed by atoms with Crippen LogP contribution in [0.15, 0.2) is 46.3 Å². The summed E-state index contributed by atoms with van der Waals surface area (Å²) >= 11 is 7.33. The number of sulfonamides is 1. The Kier molecular flexibility index (Phi) is 6.01. The Bertz CT molecular complexity index is 1050. The van der Waals surface area contributed by atoms with Crippen LogP contribution in [-0.2, 0) is 21.4 Å². The lowest BCUT2D eigenvalue weighted by molar-refractivity contribution is -0.122. The molecule has 1 amide bonds. The van der Waals surface area contributed by atoms with Crippen molar-refractivity contribution in [2.24, 2.45) is 0 Å². The van der Waals surface area contributed by atoms with Crippen molar-refractivity contribution < 1.29 is 17.7 Å². The van der Waals surface area contributed by atoms with E-state index in [0.717, 1.165) is 15.4 Å². The molecule has 0 spiro atoms. The summed E-state index contributed by atoms with van der Waals surface area (Å²) in [5.41, 5.74) is 0.340. The molecule has 0 bridgehead atoms. The molecular formula is C17H17ClN4O4S2. The number of aromatic nitrogens is 2. The molecule has 0 unspecified atom stereocenters. The fourth-order valence-electron chi connectivity index (χ4n) is 2.54. The minimum absolute atomic E-state index is 0.0141. The van der Waals surface area contributed by atoms with Crippen molar-refractivity contribution in [3.05, 3.63) is 52.7 Å². The summed E-state index contributed by atoms with van der Waals surface area (Å²) in [6.45, 7) is 1.48. The van der Waals surface area contributed by atoms with Crippen LogP contribution in [0.1, 0.15) is 12.8 Å². The van der Waals surface area contributed by atoms with Gasteiger partial charge in [-0.2, -0.15) is 4.98 Å². The Labute approximate surface area is 171 Å². The maximum Gasteiger partial charge on any atom is 0.246 e. The lowest BCUT2D eigenvalue weighted by atomic mass is 10.2. The van der Waals surface area contributed by atoms with Crippen LogP contribution in [0.3, 0.4) is 0 Å². The van der Waals surface area contributed by atoms with Gasteiger partial charge in [0.05, 0.1) is 23.4 Å². The summed E-state index contributed by atoms with van der Waals surface area (Å²) in [7, 11) is -3.70. The highest BCUT2D eigenvalue weighted by atomic mass is 35.5. The van der Waals surface area contributed by atoms with Crippen molar-refractivity contribution >= 4 is 44.6 Å². The summed E-state index contributed by atoms with van der Waals surface area (Å²) in [6.07, 6.45) is 1.04. The van der Waals surface area contributed by atoms with Crippen molar-refractivity contribution in [3.8, 4) is 10.7 Å². The number of hydrogen-bond acceptors (Lipinski definition) is 7. The van der Waals surface area contributed by atoms with E-state index in [1.54, 1.807) is 24.3 Å². The van der Waals surface area contributed by atoms with E-state index in [2.05, 4.69) is 15.5 Å². The van der Waals surface area contributed by atoms with E-state index in [9.17, 15) is 13.2 Å². The molecule has 1 atom stereocenters. The van der Waals surface area contributed by atoms with Crippen LogP contribution in [0.5, 0.6) is 0 Å². The number of rotatable bonds is 7. The highest BCUT2D eigenvalue weighted by Gasteiger charge is 2.29. The Morgan fingerprint density at radius 1 is 1.32 bits per heavy atom. The molecule has 11 heteroatoms. The molecule has 2 aromatic heterocycles. The number of nitrogens with zero attached hydrogens (tertiary/aromatic N) is 3. The fraction of sp³-hybridized carbons (Fsp3) is 0.235. The van der Waals surface area contributed by atoms with Crippen molar-refractivity contribution in [3.63, 3.8) is 0 Å². The van der Waals surface area contributed by atoms with Gasteiger partial charge in [-0.05, 0) is 42.6 Å². The third kappa shape index (κ3) is 4.70. The zero-order valence-corrected chi connectivity index (χ0v) is 17.4. The average Bonchev–Trinajstić information content (AvgIpc) is 3.31. The van der Waals surface area contributed by atoms with Gasteiger partial charge >= 0.3 is 0 Å². The SMILES string of the molecule is C[C@@H](C(=O)NCc1nc(-c2cccs2)no1)N(c1ccc(Cl)cc1)S(C)(=O)=O. The molecule has 1 N–H and O–H groups in total. The molecule has 3 aromatic rings. The summed E-state index contributed by atoms with van der Waals surface area (Å²) in [6, 6.07) is 8.94. The number of carbonyl (C=O) groups is 1. The van der Waals surface area contributed by atoms with Gasteiger partial charge in [-0.25, -0.2) is 8.42 Å². The van der Waals surface area contributed by atoms with Crippen molar-refractivity contribution in [1.29, 1.82) is 0 Å². The van der Waals surface area contributed by atoms with Crippen molar-refractivity contribution in [2.45, 2.75) is 19.5 Å². The first-order valence-corrected chi connectivity index (χ1v) is 11.3. The monoisotopic (exact) mass is 440 g/mol. The van der Waals surface area contributed by atoms with Gasteiger partial charge in [-0.15, -0.1) is 11.3 Å². The van der Waals surface area contributed by atoms with E-state index in [1.807, 2.05) is 17.5 Å². The smallest absolute Gasteiger partial charge is 0.246 e. The maximum absolute atomic E-state index is 12.5. The Balaban J connectivity index is 1.70. The van der Waals surface area contributed by atoms with E-state index in [-0.39, 0.29) is 12.4 Å². The first-order chi connectivity index (χ1) is 13.3. The number of anilines is 1. The molecule has 28 heavy (non-hydrogen) atoms. The first-order valence-electron chi connectivity index (χ1n) is 8.15. The molecule has 0 saturated carbocycles. The molecule has 0 aliphatic carbocycles. The molecular weight excluding hydrogens is 424 g/mol. The molecule has 148 valence electrons. The maximum atomic E-state index is 12.5. The van der Waals surface area contributed by atoms with Gasteiger partial charge in [0.2, 0.25) is 27.6 Å². The van der Waals surface area contributed by atoms with Gasteiger partial charge in [-0.1, -0.05) is 22.8 Å². The van der Waals surface area contributed by atoms with E-state index >= 15 is 0 Å². The first kappa shape index (κ1) is 20.3. The number of benzene rings is 1. The van der Waals surface area contributed by atoms with E-state index in [4.69, 9.17) is 16.1 Å². The lowest BCUT2D eigenvalue weighted by Crippen LogP contribution is -2.47. The predicted molar refractivity (Wildman–Crippen MR) is 108 cm³/mol. The molecule has 0 radical (unpaired) electrons. The number of halogens is 1. The zero-order chi connectivity index (χ0) is 20.3. The molecule has 1 aromatic carbocycles. The summed E-state index contributed by atoms with van der Waals surface area (Å²) < 4.78 is 30.6. The minimum Gasteiger partial charge on any atom is -0.345 e. The van der Waals surface area contributed by atoms with Gasteiger partial charge in [0, 0.05) is 5.02 Å². The average molecular weight is 441 g/mol. The molecule has 0 aliphatic heterocycles. The van der Waals surface area contributed by atoms with Crippen molar-refractivity contribution in [2.75, 3.05) is 10.6 Å². The van der Waals surface area contributed by atoms with Crippen LogP contribution >= 0.6 is 22.9 Å². The molecule has 0 fully saturated rings. The van der Waals surface area contributed by atoms with Gasteiger partial charge < -0.3 is 9.84 Å². The highest BCUT2D eigenvalue weighted by Crippen LogP contribution is 2.23. The number of thiophene rings is 1. The Hall–Kier alpha value is -2.43. The number of amides is 1. The van der Waals surface area contributed by atoms with Crippen LogP contribution in [0, 0.1) is 0 Å². The van der Waals surface area contributed by atoms with E-state index < -0.39 is 22.0 Å². The molecule has 2 heterocycles. The number of hydrogen-bond donors (Lipinski definition) is 1. The van der Waals surface area contributed by atoms with Gasteiger partial charge in [0.1, 0.15) is 6.04 Å². The Morgan fingerprint density at radius 3 is 2.64 bits per heavy atom. The lowest BCUT2D eigenvalue weighted by Gasteiger charge is -2.28. The second-order valence-corrected chi connectivity index (χ2v) is 9.16. The topological polar surface area (TPSA) is 105 Å². The van der Waals surface area contributed by atoms with Gasteiger partial charge in [0.15, 0.2) is 0 Å². The third-order valence-corrected chi connectivity index (χ3v) is 6.15. The summed E-state index contributed by atoms with van der Waals surface area (Å²) in [5.74, 6) is 0.156. The van der Waals surface area contributed by atoms with Crippen LogP contribution < -0.4 is 9.62 Å². The second kappa shape index (κ2) is 8.29. The van der Waals surface area contributed by atoms with Crippen molar-refractivity contribution in [1.82, 2.24) is 15.5 Å². The Morgan fingerprint density at radius 2 is 2.04 bits per heavy atom. The molecule has 8 nitrogen and oxygen atoms in total. The number of carbonyl (C=O) groups excluding carboxylic acids is 1. The van der Waals surface area contributed by atoms with Gasteiger partial charge in [-0.3, -0.25) is 9.10 Å². The second-order valence-electron chi connectivity index (χ2n) is 5.92. The largest absolute Gasteiger partial charge is 0.345 e.